The van der Waals surface area contributed by atoms with Crippen LogP contribution in [0.4, 0.5) is 10.5 Å². The average molecular weight is 413 g/mol. The van der Waals surface area contributed by atoms with Crippen LogP contribution in [0.15, 0.2) is 35.4 Å². The van der Waals surface area contributed by atoms with Crippen molar-refractivity contribution in [3.05, 3.63) is 41.0 Å². The van der Waals surface area contributed by atoms with Gasteiger partial charge in [-0.1, -0.05) is 50.3 Å². The highest BCUT2D eigenvalue weighted by Crippen LogP contribution is 2.37. The summed E-state index contributed by atoms with van der Waals surface area (Å²) in [6.45, 7) is 7.37. The molecule has 1 saturated heterocycles. The summed E-state index contributed by atoms with van der Waals surface area (Å²) in [6.07, 6.45) is 4.73. The molecule has 30 heavy (non-hydrogen) atoms. The highest BCUT2D eigenvalue weighted by atomic mass is 16.2. The molecule has 162 valence electrons. The van der Waals surface area contributed by atoms with Crippen molar-refractivity contribution >= 4 is 23.5 Å². The molecule has 0 saturated carbocycles. The lowest BCUT2D eigenvalue weighted by molar-refractivity contribution is -0.124. The number of hydrogen-bond donors (Lipinski definition) is 3. The number of amides is 4. The summed E-state index contributed by atoms with van der Waals surface area (Å²) < 4.78 is 0. The van der Waals surface area contributed by atoms with E-state index in [4.69, 9.17) is 0 Å². The maximum absolute atomic E-state index is 13.4. The summed E-state index contributed by atoms with van der Waals surface area (Å²) in [7, 11) is 0. The molecule has 0 aromatic heterocycles. The van der Waals surface area contributed by atoms with Crippen LogP contribution in [0.3, 0.4) is 0 Å². The molecule has 7 nitrogen and oxygen atoms in total. The van der Waals surface area contributed by atoms with E-state index in [1.807, 2.05) is 31.2 Å². The molecule has 0 radical (unpaired) electrons. The van der Waals surface area contributed by atoms with Gasteiger partial charge in [0.15, 0.2) is 0 Å². The molecule has 3 rings (SSSR count). The number of hydrogen-bond acceptors (Lipinski definition) is 4. The summed E-state index contributed by atoms with van der Waals surface area (Å²) in [5.41, 5.74) is 1.81. The number of unbranched alkanes of at least 4 members (excludes halogenated alkanes) is 3. The number of carbonyl (C=O) groups is 3. The maximum Gasteiger partial charge on any atom is 0.322 e. The molecule has 1 fully saturated rings. The van der Waals surface area contributed by atoms with Crippen LogP contribution in [0.5, 0.6) is 0 Å². The number of anilines is 1. The summed E-state index contributed by atoms with van der Waals surface area (Å²) in [5.74, 6) is -0.753. The first-order valence-electron chi connectivity index (χ1n) is 10.8. The Morgan fingerprint density at radius 2 is 1.83 bits per heavy atom. The molecule has 2 aliphatic rings. The molecule has 1 aromatic carbocycles. The van der Waals surface area contributed by atoms with Gasteiger partial charge in [-0.15, -0.1) is 0 Å². The minimum Gasteiger partial charge on any atom is -0.312 e. The largest absolute Gasteiger partial charge is 0.322 e. The Hall–Kier alpha value is -2.67. The van der Waals surface area contributed by atoms with E-state index in [1.54, 1.807) is 11.8 Å². The first-order valence-corrected chi connectivity index (χ1v) is 10.8. The van der Waals surface area contributed by atoms with Crippen molar-refractivity contribution in [3.8, 4) is 0 Å². The molecule has 4 amide bonds. The van der Waals surface area contributed by atoms with E-state index in [2.05, 4.69) is 22.9 Å². The third-order valence-electron chi connectivity index (χ3n) is 6.07. The first kappa shape index (κ1) is 22.0. The minimum atomic E-state index is -0.846. The van der Waals surface area contributed by atoms with Crippen molar-refractivity contribution in [1.29, 1.82) is 0 Å². The summed E-state index contributed by atoms with van der Waals surface area (Å²) in [5, 5.41) is 8.76. The van der Waals surface area contributed by atoms with Crippen molar-refractivity contribution in [3.63, 3.8) is 0 Å². The zero-order chi connectivity index (χ0) is 21.7. The van der Waals surface area contributed by atoms with Crippen molar-refractivity contribution in [1.82, 2.24) is 15.5 Å². The van der Waals surface area contributed by atoms with Gasteiger partial charge in [0.25, 0.3) is 11.8 Å². The molecule has 0 aliphatic carbocycles. The number of piperazine rings is 1. The lowest BCUT2D eigenvalue weighted by Gasteiger charge is -2.48. The van der Waals surface area contributed by atoms with E-state index < -0.39 is 5.54 Å². The topological polar surface area (TPSA) is 90.5 Å². The third-order valence-corrected chi connectivity index (χ3v) is 6.07. The van der Waals surface area contributed by atoms with Gasteiger partial charge in [0, 0.05) is 30.9 Å². The van der Waals surface area contributed by atoms with Crippen LogP contribution >= 0.6 is 0 Å². The Labute approximate surface area is 178 Å². The molecule has 1 aromatic rings. The number of rotatable bonds is 7. The van der Waals surface area contributed by atoms with Gasteiger partial charge < -0.3 is 15.5 Å². The molecule has 7 heteroatoms. The predicted octanol–water partition coefficient (Wildman–Crippen LogP) is 3.11. The molecule has 0 bridgehead atoms. The monoisotopic (exact) mass is 412 g/mol. The first-order chi connectivity index (χ1) is 14.4. The predicted molar refractivity (Wildman–Crippen MR) is 117 cm³/mol. The smallest absolute Gasteiger partial charge is 0.312 e. The number of benzene rings is 1. The summed E-state index contributed by atoms with van der Waals surface area (Å²) >= 11 is 0. The molecule has 3 N–H and O–H groups in total. The van der Waals surface area contributed by atoms with Gasteiger partial charge in [-0.3, -0.25) is 14.9 Å². The number of imide groups is 1. The van der Waals surface area contributed by atoms with Crippen LogP contribution in [-0.4, -0.2) is 47.9 Å². The standard InChI is InChI=1S/C23H32N4O3/c1-4-5-6-7-12-23(19-17(3)20(28)26-21(19)29)15-24-13-14-27(23)22(30)25-18-10-8-16(2)9-11-18/h8-11,24H,4-7,12-15H2,1-3H3,(H,25,30)(H,26,28,29). The van der Waals surface area contributed by atoms with Gasteiger partial charge in [-0.25, -0.2) is 4.79 Å². The Balaban J connectivity index is 1.94. The number of urea groups is 1. The number of nitrogens with zero attached hydrogens (tertiary/aromatic N) is 1. The number of carbonyl (C=O) groups excluding carboxylic acids is 3. The van der Waals surface area contributed by atoms with E-state index in [1.165, 1.54) is 0 Å². The Morgan fingerprint density at radius 1 is 1.10 bits per heavy atom. The fourth-order valence-corrected chi connectivity index (χ4v) is 4.44. The van der Waals surface area contributed by atoms with Crippen molar-refractivity contribution in [2.75, 3.05) is 25.0 Å². The van der Waals surface area contributed by atoms with Crippen molar-refractivity contribution < 1.29 is 14.4 Å². The van der Waals surface area contributed by atoms with Crippen LogP contribution < -0.4 is 16.0 Å². The lowest BCUT2D eigenvalue weighted by Crippen LogP contribution is -2.65. The molecular weight excluding hydrogens is 380 g/mol. The van der Waals surface area contributed by atoms with Crippen LogP contribution in [0.2, 0.25) is 0 Å². The lowest BCUT2D eigenvalue weighted by atomic mass is 9.79. The average Bonchev–Trinajstić information content (AvgIpc) is 2.99. The van der Waals surface area contributed by atoms with Gasteiger partial charge in [0.2, 0.25) is 0 Å². The fourth-order valence-electron chi connectivity index (χ4n) is 4.44. The molecule has 1 atom stereocenters. The van der Waals surface area contributed by atoms with Crippen molar-refractivity contribution in [2.24, 2.45) is 0 Å². The Morgan fingerprint density at radius 3 is 2.47 bits per heavy atom. The molecule has 2 aliphatic heterocycles. The highest BCUT2D eigenvalue weighted by molar-refractivity contribution is 6.20. The maximum atomic E-state index is 13.4. The fraction of sp³-hybridized carbons (Fsp3) is 0.522. The summed E-state index contributed by atoms with van der Waals surface area (Å²) in [4.78, 5) is 40.1. The van der Waals surface area contributed by atoms with E-state index in [0.717, 1.165) is 31.2 Å². The number of nitrogens with one attached hydrogen (secondary N) is 3. The van der Waals surface area contributed by atoms with Crippen LogP contribution in [0.1, 0.15) is 51.5 Å². The zero-order valence-electron chi connectivity index (χ0n) is 18.1. The number of aryl methyl sites for hydroxylation is 1. The zero-order valence-corrected chi connectivity index (χ0v) is 18.1. The van der Waals surface area contributed by atoms with Gasteiger partial charge >= 0.3 is 6.03 Å². The second kappa shape index (κ2) is 9.43. The second-order valence-corrected chi connectivity index (χ2v) is 8.25. The quantitative estimate of drug-likeness (QED) is 0.474. The van der Waals surface area contributed by atoms with Crippen LogP contribution in [0.25, 0.3) is 0 Å². The van der Waals surface area contributed by atoms with Gasteiger partial charge in [0.1, 0.15) is 0 Å². The molecular formula is C23H32N4O3. The Kier molecular flexibility index (Phi) is 6.92. The van der Waals surface area contributed by atoms with Crippen LogP contribution in [-0.2, 0) is 9.59 Å². The third kappa shape index (κ3) is 4.41. The normalized spacial score (nSPS) is 21.8. The SMILES string of the molecule is CCCCCCC1(C2=C(C)C(=O)NC2=O)CNCCN1C(=O)Nc1ccc(C)cc1. The molecule has 1 unspecified atom stereocenters. The Bertz CT molecular complexity index is 847. The summed E-state index contributed by atoms with van der Waals surface area (Å²) in [6, 6.07) is 7.38. The van der Waals surface area contributed by atoms with E-state index >= 15 is 0 Å². The van der Waals surface area contributed by atoms with E-state index in [-0.39, 0.29) is 17.8 Å². The van der Waals surface area contributed by atoms with Crippen LogP contribution in [0, 0.1) is 6.92 Å². The van der Waals surface area contributed by atoms with Gasteiger partial charge in [-0.05, 0) is 32.4 Å². The van der Waals surface area contributed by atoms with Gasteiger partial charge in [0.05, 0.1) is 11.1 Å². The van der Waals surface area contributed by atoms with E-state index in [0.29, 0.717) is 42.9 Å². The van der Waals surface area contributed by atoms with E-state index in [9.17, 15) is 14.4 Å². The highest BCUT2D eigenvalue weighted by Gasteiger charge is 2.50. The molecule has 0 spiro atoms. The van der Waals surface area contributed by atoms with Crippen molar-refractivity contribution in [2.45, 2.75) is 58.4 Å². The minimum absolute atomic E-state index is 0.247. The second-order valence-electron chi connectivity index (χ2n) is 8.25. The molecule has 2 heterocycles. The van der Waals surface area contributed by atoms with Gasteiger partial charge in [-0.2, -0.15) is 0 Å².